The number of aromatic nitrogens is 12. The maximum atomic E-state index is 13.4. The van der Waals surface area contributed by atoms with Crippen LogP contribution in [0.4, 0.5) is 0 Å². The number of hydrogen-bond acceptors (Lipinski definition) is 18. The first-order valence-corrected chi connectivity index (χ1v) is 28.6. The molecule has 11 heterocycles. The second kappa shape index (κ2) is 22.3. The second-order valence-corrected chi connectivity index (χ2v) is 23.4. The van der Waals surface area contributed by atoms with Crippen molar-refractivity contribution in [2.45, 2.75) is 103 Å². The highest BCUT2D eigenvalue weighted by molar-refractivity contribution is 9.10. The van der Waals surface area contributed by atoms with Gasteiger partial charge in [0.2, 0.25) is 11.8 Å². The second-order valence-electron chi connectivity index (χ2n) is 22.5. The predicted octanol–water partition coefficient (Wildman–Crippen LogP) is 8.27. The standard InChI is InChI=1S/C26H24N6O4.C23H22BrN5O3.C9H14BNO3/c33-26-31(23-11-27-7-5-22(23)32(26)19-2-3-19)12-24-29-21-4-1-17(18-10-28-36-15-18)9-20(21)25(30-24)35-14-16-6-8-34-13-16;24-15-1-4-18-17(9-15)22(32-13-14-6-8-31-12-14)27-21(26-18)11-28-20-10-25-7-5-19(20)29(23(28)30)16-2-3-16;1-8(2)9(3,4)14-10(13-8)7-5-11-12-6-7/h1,4-5,7,9-11,15-16,19H,2-3,6,8,12-14H2;1,4-5,7,9-10,14,16H,2-3,6,8,11-13H2;5-6H,1-4H3. The van der Waals surface area contributed by atoms with E-state index in [0.29, 0.717) is 61.7 Å². The van der Waals surface area contributed by atoms with Crippen LogP contribution in [0.15, 0.2) is 121 Å². The molecule has 0 amide bonds. The molecule has 2 aromatic carbocycles. The van der Waals surface area contributed by atoms with Crippen molar-refractivity contribution in [3.05, 3.63) is 135 Å². The third-order valence-electron chi connectivity index (χ3n) is 16.0. The van der Waals surface area contributed by atoms with Gasteiger partial charge in [-0.15, -0.1) is 0 Å². The van der Waals surface area contributed by atoms with Crippen LogP contribution in [0.2, 0.25) is 0 Å². The van der Waals surface area contributed by atoms with E-state index in [1.54, 1.807) is 58.8 Å². The molecule has 15 rings (SSSR count). The molecule has 82 heavy (non-hydrogen) atoms. The lowest BCUT2D eigenvalue weighted by Crippen LogP contribution is -2.41. The number of fused-ring (bicyclic) bond motifs is 4. The molecule has 0 radical (unpaired) electrons. The van der Waals surface area contributed by atoms with E-state index in [2.05, 4.69) is 36.2 Å². The quantitative estimate of drug-likeness (QED) is 0.0931. The molecule has 2 unspecified atom stereocenters. The van der Waals surface area contributed by atoms with Crippen molar-refractivity contribution in [3.63, 3.8) is 0 Å². The Morgan fingerprint density at radius 1 is 0.598 bits per heavy atom. The highest BCUT2D eigenvalue weighted by atomic mass is 79.9. The third kappa shape index (κ3) is 11.0. The lowest BCUT2D eigenvalue weighted by atomic mass is 9.82. The first-order valence-electron chi connectivity index (χ1n) is 27.8. The number of ether oxygens (including phenoxy) is 4. The van der Waals surface area contributed by atoms with E-state index < -0.39 is 0 Å². The zero-order chi connectivity index (χ0) is 56.1. The number of rotatable bonds is 14. The Bertz CT molecular complexity index is 4030. The molecule has 8 aromatic heterocycles. The first kappa shape index (κ1) is 53.7. The van der Waals surface area contributed by atoms with Gasteiger partial charge in [-0.05, 0) is 114 Å². The van der Waals surface area contributed by atoms with Crippen LogP contribution >= 0.6 is 15.9 Å². The van der Waals surface area contributed by atoms with Crippen molar-refractivity contribution >= 4 is 72.4 Å². The summed E-state index contributed by atoms with van der Waals surface area (Å²) < 4.78 is 52.8. The minimum Gasteiger partial charge on any atom is -0.477 e. The van der Waals surface area contributed by atoms with Crippen LogP contribution in [0, 0.1) is 11.8 Å². The maximum absolute atomic E-state index is 13.4. The van der Waals surface area contributed by atoms with Crippen molar-refractivity contribution in [1.29, 1.82) is 0 Å². The maximum Gasteiger partial charge on any atom is 0.499 e. The van der Waals surface area contributed by atoms with Gasteiger partial charge in [-0.25, -0.2) is 19.6 Å². The molecule has 3 aliphatic heterocycles. The van der Waals surface area contributed by atoms with Crippen LogP contribution in [-0.2, 0) is 31.9 Å². The molecule has 0 spiro atoms. The SMILES string of the molecule is CC1(C)OB(c2cnoc2)OC1(C)C.O=c1n(Cc2nc(OCC3CCOC3)c3cc(-c4cnoc4)ccc3n2)c2cnccc2n1C1CC1.O=c1n(Cc2nc(OCC3CCOC3)c3cc(Br)ccc3n2)c2cnccc2n1C1CC1. The van der Waals surface area contributed by atoms with E-state index in [4.69, 9.17) is 57.2 Å². The number of hydrogen-bond donors (Lipinski definition) is 0. The number of nitrogens with zero attached hydrogens (tertiary/aromatic N) is 12. The van der Waals surface area contributed by atoms with Gasteiger partial charge in [0.1, 0.15) is 12.5 Å². The fraction of sp³-hybridized carbons (Fsp3) is 0.414. The molecular weight excluding hydrogens is 1120 g/mol. The van der Waals surface area contributed by atoms with Crippen molar-refractivity contribution < 1.29 is 37.3 Å². The molecule has 2 saturated carbocycles. The number of imidazole rings is 2. The van der Waals surface area contributed by atoms with Gasteiger partial charge in [0, 0.05) is 65.0 Å². The van der Waals surface area contributed by atoms with Gasteiger partial charge in [0.25, 0.3) is 0 Å². The van der Waals surface area contributed by atoms with E-state index in [1.807, 2.05) is 85.4 Å². The van der Waals surface area contributed by atoms with Crippen molar-refractivity contribution in [2.24, 2.45) is 11.8 Å². The smallest absolute Gasteiger partial charge is 0.477 e. The molecule has 0 N–H and O–H groups in total. The molecule has 422 valence electrons. The molecule has 10 aromatic rings. The van der Waals surface area contributed by atoms with Gasteiger partial charge in [-0.1, -0.05) is 32.3 Å². The van der Waals surface area contributed by atoms with E-state index in [1.165, 1.54) is 0 Å². The summed E-state index contributed by atoms with van der Waals surface area (Å²) in [5.41, 5.74) is 6.83. The minimum atomic E-state index is -0.369. The van der Waals surface area contributed by atoms with E-state index >= 15 is 0 Å². The fourth-order valence-electron chi connectivity index (χ4n) is 10.5. The van der Waals surface area contributed by atoms with Crippen molar-refractivity contribution in [3.8, 4) is 22.9 Å². The van der Waals surface area contributed by atoms with E-state index in [-0.39, 0.29) is 54.9 Å². The van der Waals surface area contributed by atoms with E-state index in [9.17, 15) is 9.59 Å². The Kier molecular flexibility index (Phi) is 14.6. The summed E-state index contributed by atoms with van der Waals surface area (Å²) in [6, 6.07) is 16.1. The van der Waals surface area contributed by atoms with Crippen LogP contribution in [-0.4, -0.2) is 116 Å². The van der Waals surface area contributed by atoms with Gasteiger partial charge >= 0.3 is 18.5 Å². The zero-order valence-corrected chi connectivity index (χ0v) is 47.4. The molecule has 5 fully saturated rings. The number of halogens is 1. The van der Waals surface area contributed by atoms with Crippen molar-refractivity contribution in [1.82, 2.24) is 58.5 Å². The molecular formula is C58H60BBrN12O10. The van der Waals surface area contributed by atoms with Gasteiger partial charge < -0.3 is 37.3 Å². The lowest BCUT2D eigenvalue weighted by Gasteiger charge is -2.32. The highest BCUT2D eigenvalue weighted by Crippen LogP contribution is 2.39. The summed E-state index contributed by atoms with van der Waals surface area (Å²) in [5.74, 6) is 2.77. The van der Waals surface area contributed by atoms with Gasteiger partial charge in [-0.2, -0.15) is 9.97 Å². The summed E-state index contributed by atoms with van der Waals surface area (Å²) in [6.45, 7) is 12.5. The summed E-state index contributed by atoms with van der Waals surface area (Å²) in [6.07, 6.45) is 19.4. The molecule has 2 aliphatic carbocycles. The third-order valence-corrected chi connectivity index (χ3v) is 16.5. The highest BCUT2D eigenvalue weighted by Gasteiger charge is 2.52. The van der Waals surface area contributed by atoms with Crippen molar-refractivity contribution in [2.75, 3.05) is 39.6 Å². The van der Waals surface area contributed by atoms with Crippen LogP contribution in [0.3, 0.4) is 0 Å². The Balaban J connectivity index is 0.000000126. The van der Waals surface area contributed by atoms with Gasteiger partial charge in [0.05, 0.1) is 119 Å². The first-order chi connectivity index (χ1) is 39.8. The van der Waals surface area contributed by atoms with Crippen LogP contribution in [0.25, 0.3) is 55.0 Å². The molecule has 24 heteroatoms. The molecule has 0 bridgehead atoms. The molecule has 5 aliphatic rings. The summed E-state index contributed by atoms with van der Waals surface area (Å²) in [5, 5.41) is 9.08. The molecule has 3 saturated heterocycles. The van der Waals surface area contributed by atoms with Crippen LogP contribution in [0.5, 0.6) is 11.8 Å². The molecule has 22 nitrogen and oxygen atoms in total. The average Bonchev–Trinajstić information content (AvgIpc) is 3.54. The fourth-order valence-corrected chi connectivity index (χ4v) is 10.9. The normalized spacial score (nSPS) is 19.2. The zero-order valence-electron chi connectivity index (χ0n) is 45.9. The van der Waals surface area contributed by atoms with Gasteiger partial charge in [0.15, 0.2) is 11.6 Å². The number of pyridine rings is 2. The monoisotopic (exact) mass is 1170 g/mol. The lowest BCUT2D eigenvalue weighted by molar-refractivity contribution is 0.00578. The Hall–Kier alpha value is -7.64. The summed E-state index contributed by atoms with van der Waals surface area (Å²) in [4.78, 5) is 54.2. The largest absolute Gasteiger partial charge is 0.499 e. The Labute approximate surface area is 478 Å². The number of benzene rings is 2. The predicted molar refractivity (Wildman–Crippen MR) is 306 cm³/mol. The van der Waals surface area contributed by atoms with Crippen LogP contribution < -0.4 is 26.3 Å². The Morgan fingerprint density at radius 3 is 1.61 bits per heavy atom. The van der Waals surface area contributed by atoms with Crippen LogP contribution in [0.1, 0.15) is 90.0 Å². The topological polar surface area (TPSA) is 239 Å². The van der Waals surface area contributed by atoms with E-state index in [0.717, 1.165) is 117 Å². The minimum absolute atomic E-state index is 0.0411. The summed E-state index contributed by atoms with van der Waals surface area (Å²) >= 11 is 3.53. The molecule has 2 atom stereocenters. The summed E-state index contributed by atoms with van der Waals surface area (Å²) in [7, 11) is -0.369. The van der Waals surface area contributed by atoms with Gasteiger partial charge in [-0.3, -0.25) is 28.2 Å². The average molecular weight is 1180 g/mol. The Morgan fingerprint density at radius 2 is 1.12 bits per heavy atom.